The number of carbonyl (C=O) groups excluding carboxylic acids is 1. The molecule has 2 heterocycles. The summed E-state index contributed by atoms with van der Waals surface area (Å²) in [4.78, 5) is 25.4. The van der Waals surface area contributed by atoms with Crippen LogP contribution < -0.4 is 10.2 Å². The number of benzene rings is 1. The fourth-order valence-electron chi connectivity index (χ4n) is 3.34. The number of hydrogen-bond acceptors (Lipinski definition) is 5. The molecule has 0 radical (unpaired) electrons. The van der Waals surface area contributed by atoms with Crippen LogP contribution in [0.4, 0.5) is 11.4 Å². The number of anilines is 1. The lowest BCUT2D eigenvalue weighted by atomic mass is 10.1. The Bertz CT molecular complexity index is 608. The second-order valence-corrected chi connectivity index (χ2v) is 6.35. The molecule has 0 spiro atoms. The van der Waals surface area contributed by atoms with Crippen molar-refractivity contribution in [3.05, 3.63) is 33.9 Å². The molecule has 1 atom stereocenters. The van der Waals surface area contributed by atoms with E-state index in [1.54, 1.807) is 6.07 Å². The Morgan fingerprint density at radius 2 is 2.08 bits per heavy atom. The number of nitrogens with zero attached hydrogens (tertiary/aromatic N) is 2. The van der Waals surface area contributed by atoms with E-state index in [1.165, 1.54) is 18.6 Å². The highest BCUT2D eigenvalue weighted by molar-refractivity contribution is 6.00. The van der Waals surface area contributed by atoms with Crippen LogP contribution in [-0.4, -0.2) is 43.2 Å². The van der Waals surface area contributed by atoms with Crippen molar-refractivity contribution >= 4 is 17.3 Å². The number of carbonyl (C=O) groups is 1. The number of nitrogens with one attached hydrogen (secondary N) is 1. The maximum Gasteiger partial charge on any atom is 0.270 e. The largest absolute Gasteiger partial charge is 0.376 e. The standard InChI is InChI=1S/C17H23N3O4/c21-17(18-12-14-5-4-10-24-14)15-11-13(20(22)23)6-7-16(15)19-8-2-1-3-9-19/h6-7,11,14H,1-5,8-10,12H2,(H,18,21)/t14-/m1/s1. The number of ether oxygens (including phenoxy) is 1. The van der Waals surface area contributed by atoms with Gasteiger partial charge in [-0.05, 0) is 38.2 Å². The minimum Gasteiger partial charge on any atom is -0.376 e. The van der Waals surface area contributed by atoms with Gasteiger partial charge in [-0.25, -0.2) is 0 Å². The molecule has 7 nitrogen and oxygen atoms in total. The van der Waals surface area contributed by atoms with Crippen molar-refractivity contribution in [3.8, 4) is 0 Å². The molecule has 2 fully saturated rings. The molecule has 2 aliphatic rings. The highest BCUT2D eigenvalue weighted by Crippen LogP contribution is 2.28. The van der Waals surface area contributed by atoms with Gasteiger partial charge in [0.15, 0.2) is 0 Å². The van der Waals surface area contributed by atoms with Crippen LogP contribution in [0, 0.1) is 10.1 Å². The van der Waals surface area contributed by atoms with Crippen molar-refractivity contribution in [2.45, 2.75) is 38.2 Å². The molecule has 7 heteroatoms. The second kappa shape index (κ2) is 7.61. The second-order valence-electron chi connectivity index (χ2n) is 6.35. The van der Waals surface area contributed by atoms with E-state index in [9.17, 15) is 14.9 Å². The number of nitro groups is 1. The number of amides is 1. The molecule has 2 aliphatic heterocycles. The van der Waals surface area contributed by atoms with Gasteiger partial charge in [0, 0.05) is 38.4 Å². The van der Waals surface area contributed by atoms with Crippen molar-refractivity contribution in [3.63, 3.8) is 0 Å². The molecule has 130 valence electrons. The number of rotatable bonds is 5. The van der Waals surface area contributed by atoms with Crippen LogP contribution in [0.1, 0.15) is 42.5 Å². The number of hydrogen-bond donors (Lipinski definition) is 1. The Hall–Kier alpha value is -2.15. The zero-order valence-corrected chi connectivity index (χ0v) is 13.7. The molecule has 1 amide bonds. The summed E-state index contributed by atoms with van der Waals surface area (Å²) < 4.78 is 5.51. The third kappa shape index (κ3) is 3.84. The average molecular weight is 333 g/mol. The first-order chi connectivity index (χ1) is 11.6. The van der Waals surface area contributed by atoms with Gasteiger partial charge in [-0.1, -0.05) is 0 Å². The summed E-state index contributed by atoms with van der Waals surface area (Å²) in [5.41, 5.74) is 1.10. The van der Waals surface area contributed by atoms with Gasteiger partial charge in [-0.15, -0.1) is 0 Å². The highest BCUT2D eigenvalue weighted by atomic mass is 16.6. The molecule has 0 bridgehead atoms. The Morgan fingerprint density at radius 3 is 2.75 bits per heavy atom. The van der Waals surface area contributed by atoms with E-state index in [0.717, 1.165) is 51.1 Å². The smallest absolute Gasteiger partial charge is 0.270 e. The van der Waals surface area contributed by atoms with E-state index in [0.29, 0.717) is 12.1 Å². The molecule has 0 unspecified atom stereocenters. The van der Waals surface area contributed by atoms with Gasteiger partial charge in [0.2, 0.25) is 0 Å². The lowest BCUT2D eigenvalue weighted by Crippen LogP contribution is -2.35. The SMILES string of the molecule is O=C(NC[C@H]1CCCO1)c1cc([N+](=O)[O-])ccc1N1CCCCC1. The van der Waals surface area contributed by atoms with Crippen LogP contribution in [0.3, 0.4) is 0 Å². The Kier molecular flexibility index (Phi) is 5.30. The summed E-state index contributed by atoms with van der Waals surface area (Å²) in [5, 5.41) is 13.9. The molecular formula is C17H23N3O4. The highest BCUT2D eigenvalue weighted by Gasteiger charge is 2.23. The molecule has 2 saturated heterocycles. The molecule has 0 saturated carbocycles. The van der Waals surface area contributed by atoms with Gasteiger partial charge in [-0.3, -0.25) is 14.9 Å². The van der Waals surface area contributed by atoms with Gasteiger partial charge in [0.1, 0.15) is 0 Å². The monoisotopic (exact) mass is 333 g/mol. The number of nitro benzene ring substituents is 1. The molecular weight excluding hydrogens is 310 g/mol. The zero-order chi connectivity index (χ0) is 16.9. The van der Waals surface area contributed by atoms with Gasteiger partial charge in [0.25, 0.3) is 11.6 Å². The minimum absolute atomic E-state index is 0.0473. The third-order valence-electron chi connectivity index (χ3n) is 4.65. The molecule has 1 aromatic carbocycles. The minimum atomic E-state index is -0.461. The fraction of sp³-hybridized carbons (Fsp3) is 0.588. The normalized spacial score (nSPS) is 20.8. The van der Waals surface area contributed by atoms with Crippen molar-refractivity contribution in [2.75, 3.05) is 31.1 Å². The van der Waals surface area contributed by atoms with Crippen molar-refractivity contribution < 1.29 is 14.5 Å². The van der Waals surface area contributed by atoms with E-state index < -0.39 is 4.92 Å². The van der Waals surface area contributed by atoms with Gasteiger partial charge < -0.3 is 15.0 Å². The molecule has 0 aliphatic carbocycles. The summed E-state index contributed by atoms with van der Waals surface area (Å²) in [7, 11) is 0. The summed E-state index contributed by atoms with van der Waals surface area (Å²) in [6.45, 7) is 2.94. The summed E-state index contributed by atoms with van der Waals surface area (Å²) in [6.07, 6.45) is 5.34. The summed E-state index contributed by atoms with van der Waals surface area (Å²) in [6, 6.07) is 4.56. The molecule has 0 aromatic heterocycles. The molecule has 3 rings (SSSR count). The Labute approximate surface area is 141 Å². The molecule has 1 aromatic rings. The van der Waals surface area contributed by atoms with Crippen molar-refractivity contribution in [1.82, 2.24) is 5.32 Å². The summed E-state index contributed by atoms with van der Waals surface area (Å²) >= 11 is 0. The van der Waals surface area contributed by atoms with Gasteiger partial charge >= 0.3 is 0 Å². The van der Waals surface area contributed by atoms with Crippen LogP contribution in [-0.2, 0) is 4.74 Å². The average Bonchev–Trinajstić information content (AvgIpc) is 3.13. The van der Waals surface area contributed by atoms with Gasteiger partial charge in [0.05, 0.1) is 22.3 Å². The first kappa shape index (κ1) is 16.7. The van der Waals surface area contributed by atoms with E-state index in [1.807, 2.05) is 0 Å². The molecule has 1 N–H and O–H groups in total. The van der Waals surface area contributed by atoms with Crippen LogP contribution in [0.15, 0.2) is 18.2 Å². The van der Waals surface area contributed by atoms with Crippen LogP contribution in [0.25, 0.3) is 0 Å². The zero-order valence-electron chi connectivity index (χ0n) is 13.7. The third-order valence-corrected chi connectivity index (χ3v) is 4.65. The van der Waals surface area contributed by atoms with Gasteiger partial charge in [-0.2, -0.15) is 0 Å². The fourth-order valence-corrected chi connectivity index (χ4v) is 3.34. The first-order valence-corrected chi connectivity index (χ1v) is 8.58. The maximum atomic E-state index is 12.6. The Morgan fingerprint density at radius 1 is 1.29 bits per heavy atom. The number of piperidine rings is 1. The predicted octanol–water partition coefficient (Wildman–Crippen LogP) is 2.49. The quantitative estimate of drug-likeness (QED) is 0.661. The van der Waals surface area contributed by atoms with Crippen LogP contribution >= 0.6 is 0 Å². The first-order valence-electron chi connectivity index (χ1n) is 8.58. The van der Waals surface area contributed by atoms with E-state index in [-0.39, 0.29) is 17.7 Å². The van der Waals surface area contributed by atoms with E-state index in [4.69, 9.17) is 4.74 Å². The topological polar surface area (TPSA) is 84.7 Å². The van der Waals surface area contributed by atoms with E-state index >= 15 is 0 Å². The van der Waals surface area contributed by atoms with E-state index in [2.05, 4.69) is 10.2 Å². The number of non-ortho nitro benzene ring substituents is 1. The van der Waals surface area contributed by atoms with Crippen molar-refractivity contribution in [1.29, 1.82) is 0 Å². The van der Waals surface area contributed by atoms with Crippen molar-refractivity contribution in [2.24, 2.45) is 0 Å². The molecule has 24 heavy (non-hydrogen) atoms. The maximum absolute atomic E-state index is 12.6. The van der Waals surface area contributed by atoms with Crippen LogP contribution in [0.5, 0.6) is 0 Å². The summed E-state index contributed by atoms with van der Waals surface area (Å²) in [5.74, 6) is -0.269. The Balaban J connectivity index is 1.79. The van der Waals surface area contributed by atoms with Crippen LogP contribution in [0.2, 0.25) is 0 Å². The lowest BCUT2D eigenvalue weighted by molar-refractivity contribution is -0.384. The predicted molar refractivity (Wildman–Crippen MR) is 90.5 cm³/mol. The lowest BCUT2D eigenvalue weighted by Gasteiger charge is -2.30.